The average Bonchev–Trinajstić information content (AvgIpc) is 3.13. The Morgan fingerprint density at radius 1 is 1.14 bits per heavy atom. The van der Waals surface area contributed by atoms with E-state index in [4.69, 9.17) is 8.94 Å². The second kappa shape index (κ2) is 5.54. The topological polar surface area (TPSA) is 80.3 Å². The van der Waals surface area contributed by atoms with Gasteiger partial charge in [-0.3, -0.25) is 4.79 Å². The molecule has 0 aliphatic rings. The molecule has 0 fully saturated rings. The molecule has 6 nitrogen and oxygen atoms in total. The predicted octanol–water partition coefficient (Wildman–Crippen LogP) is 3.57. The summed E-state index contributed by atoms with van der Waals surface area (Å²) in [6.07, 6.45) is 1.46. The first-order chi connectivity index (χ1) is 10.2. The highest BCUT2D eigenvalue weighted by Gasteiger charge is 2.08. The number of aryl methyl sites for hydroxylation is 1. The number of furan rings is 1. The lowest BCUT2D eigenvalue weighted by atomic mass is 10.2. The Morgan fingerprint density at radius 3 is 2.52 bits per heavy atom. The van der Waals surface area contributed by atoms with E-state index in [-0.39, 0.29) is 11.7 Å². The molecule has 6 heteroatoms. The number of anilines is 3. The normalized spacial score (nSPS) is 10.3. The summed E-state index contributed by atoms with van der Waals surface area (Å²) in [6.45, 7) is 1.82. The Bertz CT molecular complexity index is 730. The van der Waals surface area contributed by atoms with Crippen LogP contribution >= 0.6 is 0 Å². The Hall–Kier alpha value is -3.02. The zero-order valence-electron chi connectivity index (χ0n) is 11.3. The zero-order chi connectivity index (χ0) is 14.7. The van der Waals surface area contributed by atoms with Gasteiger partial charge in [-0.15, -0.1) is 0 Å². The minimum absolute atomic E-state index is 0.273. The van der Waals surface area contributed by atoms with E-state index in [1.807, 2.05) is 19.1 Å². The number of aromatic nitrogens is 1. The molecule has 1 amide bonds. The SMILES string of the molecule is Cc1cc(Nc2ccc(NC(=O)c3ccco3)cc2)no1. The number of nitrogens with one attached hydrogen (secondary N) is 2. The van der Waals surface area contributed by atoms with Crippen molar-refractivity contribution in [3.8, 4) is 0 Å². The Kier molecular flexibility index (Phi) is 3.42. The maximum absolute atomic E-state index is 11.8. The molecule has 106 valence electrons. The largest absolute Gasteiger partial charge is 0.459 e. The number of hydrogen-bond donors (Lipinski definition) is 2. The quantitative estimate of drug-likeness (QED) is 0.765. The molecule has 0 bridgehead atoms. The highest BCUT2D eigenvalue weighted by Crippen LogP contribution is 2.19. The molecule has 0 saturated heterocycles. The van der Waals surface area contributed by atoms with Gasteiger partial charge in [0.2, 0.25) is 0 Å². The maximum atomic E-state index is 11.8. The number of hydrogen-bond acceptors (Lipinski definition) is 5. The molecule has 0 saturated carbocycles. The molecule has 0 aliphatic carbocycles. The fourth-order valence-electron chi connectivity index (χ4n) is 1.81. The Morgan fingerprint density at radius 2 is 1.90 bits per heavy atom. The van der Waals surface area contributed by atoms with Gasteiger partial charge in [0, 0.05) is 17.4 Å². The summed E-state index contributed by atoms with van der Waals surface area (Å²) >= 11 is 0. The van der Waals surface area contributed by atoms with Crippen molar-refractivity contribution in [2.45, 2.75) is 6.92 Å². The Labute approximate surface area is 120 Å². The van der Waals surface area contributed by atoms with Crippen molar-refractivity contribution in [1.82, 2.24) is 5.16 Å². The molecule has 2 heterocycles. The van der Waals surface area contributed by atoms with Gasteiger partial charge in [-0.1, -0.05) is 5.16 Å². The molecule has 3 rings (SSSR count). The molecule has 21 heavy (non-hydrogen) atoms. The van der Waals surface area contributed by atoms with E-state index in [0.717, 1.165) is 11.4 Å². The lowest BCUT2D eigenvalue weighted by molar-refractivity contribution is 0.0996. The highest BCUT2D eigenvalue weighted by molar-refractivity contribution is 6.02. The van der Waals surface area contributed by atoms with Crippen molar-refractivity contribution in [1.29, 1.82) is 0 Å². The molecule has 0 aliphatic heterocycles. The fraction of sp³-hybridized carbons (Fsp3) is 0.0667. The van der Waals surface area contributed by atoms with Crippen LogP contribution in [-0.2, 0) is 0 Å². The fourth-order valence-corrected chi connectivity index (χ4v) is 1.81. The molecular formula is C15H13N3O3. The third kappa shape index (κ3) is 3.11. The van der Waals surface area contributed by atoms with Crippen LogP contribution in [0.25, 0.3) is 0 Å². The number of rotatable bonds is 4. The van der Waals surface area contributed by atoms with Crippen LogP contribution in [0.3, 0.4) is 0 Å². The molecule has 2 aromatic heterocycles. The Balaban J connectivity index is 1.65. The second-order valence-electron chi connectivity index (χ2n) is 4.46. The van der Waals surface area contributed by atoms with E-state index in [1.54, 1.807) is 30.3 Å². The number of benzene rings is 1. The van der Waals surface area contributed by atoms with Crippen LogP contribution in [0.4, 0.5) is 17.2 Å². The van der Waals surface area contributed by atoms with Crippen LogP contribution in [0.1, 0.15) is 16.3 Å². The van der Waals surface area contributed by atoms with E-state index >= 15 is 0 Å². The van der Waals surface area contributed by atoms with E-state index < -0.39 is 0 Å². The smallest absolute Gasteiger partial charge is 0.291 e. The van der Waals surface area contributed by atoms with Gasteiger partial charge in [0.15, 0.2) is 11.6 Å². The standard InChI is InChI=1S/C15H13N3O3/c1-10-9-14(18-21-10)16-11-4-6-12(7-5-11)17-15(19)13-3-2-8-20-13/h2-9H,1H3,(H,16,18)(H,17,19). The second-order valence-corrected chi connectivity index (χ2v) is 4.46. The average molecular weight is 283 g/mol. The van der Waals surface area contributed by atoms with Crippen molar-refractivity contribution in [3.63, 3.8) is 0 Å². The van der Waals surface area contributed by atoms with Gasteiger partial charge >= 0.3 is 0 Å². The summed E-state index contributed by atoms with van der Waals surface area (Å²) < 4.78 is 10.0. The van der Waals surface area contributed by atoms with Crippen LogP contribution in [0.2, 0.25) is 0 Å². The van der Waals surface area contributed by atoms with E-state index in [2.05, 4.69) is 15.8 Å². The molecule has 0 spiro atoms. The first-order valence-corrected chi connectivity index (χ1v) is 6.36. The molecule has 0 atom stereocenters. The number of nitrogens with zero attached hydrogens (tertiary/aromatic N) is 1. The van der Waals surface area contributed by atoms with E-state index in [1.165, 1.54) is 6.26 Å². The number of carbonyl (C=O) groups excluding carboxylic acids is 1. The molecule has 3 aromatic rings. The third-order valence-corrected chi connectivity index (χ3v) is 2.79. The molecule has 0 radical (unpaired) electrons. The lowest BCUT2D eigenvalue weighted by Crippen LogP contribution is -2.10. The molecule has 2 N–H and O–H groups in total. The van der Waals surface area contributed by atoms with Crippen LogP contribution < -0.4 is 10.6 Å². The lowest BCUT2D eigenvalue weighted by Gasteiger charge is -2.05. The summed E-state index contributed by atoms with van der Waals surface area (Å²) in [4.78, 5) is 11.8. The van der Waals surface area contributed by atoms with Gasteiger partial charge < -0.3 is 19.6 Å². The monoisotopic (exact) mass is 283 g/mol. The van der Waals surface area contributed by atoms with E-state index in [9.17, 15) is 4.79 Å². The minimum Gasteiger partial charge on any atom is -0.459 e. The van der Waals surface area contributed by atoms with Crippen LogP contribution in [0.5, 0.6) is 0 Å². The van der Waals surface area contributed by atoms with Gasteiger partial charge in [0.25, 0.3) is 5.91 Å². The minimum atomic E-state index is -0.284. The van der Waals surface area contributed by atoms with E-state index in [0.29, 0.717) is 11.5 Å². The summed E-state index contributed by atoms with van der Waals surface area (Å²) in [6, 6.07) is 12.3. The molecule has 1 aromatic carbocycles. The molecule has 0 unspecified atom stereocenters. The highest BCUT2D eigenvalue weighted by atomic mass is 16.5. The maximum Gasteiger partial charge on any atom is 0.291 e. The number of amides is 1. The predicted molar refractivity (Wildman–Crippen MR) is 77.6 cm³/mol. The van der Waals surface area contributed by atoms with Crippen LogP contribution in [0.15, 0.2) is 57.7 Å². The number of carbonyl (C=O) groups is 1. The van der Waals surface area contributed by atoms with Gasteiger partial charge in [-0.2, -0.15) is 0 Å². The van der Waals surface area contributed by atoms with Gasteiger partial charge in [0.1, 0.15) is 5.76 Å². The van der Waals surface area contributed by atoms with Crippen LogP contribution in [0, 0.1) is 6.92 Å². The third-order valence-electron chi connectivity index (χ3n) is 2.79. The first-order valence-electron chi connectivity index (χ1n) is 6.36. The first kappa shape index (κ1) is 13.0. The van der Waals surface area contributed by atoms with Gasteiger partial charge in [-0.05, 0) is 43.3 Å². The zero-order valence-corrected chi connectivity index (χ0v) is 11.3. The van der Waals surface area contributed by atoms with Crippen molar-refractivity contribution < 1.29 is 13.7 Å². The summed E-state index contributed by atoms with van der Waals surface area (Å²) in [5.74, 6) is 1.36. The molecular weight excluding hydrogens is 270 g/mol. The van der Waals surface area contributed by atoms with Crippen molar-refractivity contribution in [2.24, 2.45) is 0 Å². The van der Waals surface area contributed by atoms with Crippen LogP contribution in [-0.4, -0.2) is 11.1 Å². The van der Waals surface area contributed by atoms with Crippen molar-refractivity contribution >= 4 is 23.1 Å². The summed E-state index contributed by atoms with van der Waals surface area (Å²) in [5, 5.41) is 9.69. The van der Waals surface area contributed by atoms with Gasteiger partial charge in [-0.25, -0.2) is 0 Å². The summed E-state index contributed by atoms with van der Waals surface area (Å²) in [5.41, 5.74) is 1.53. The van der Waals surface area contributed by atoms with Crippen molar-refractivity contribution in [2.75, 3.05) is 10.6 Å². The van der Waals surface area contributed by atoms with Gasteiger partial charge in [0.05, 0.1) is 6.26 Å². The summed E-state index contributed by atoms with van der Waals surface area (Å²) in [7, 11) is 0. The van der Waals surface area contributed by atoms with Crippen molar-refractivity contribution in [3.05, 3.63) is 60.2 Å².